The number of carbonyl (C=O) groups is 3. The van der Waals surface area contributed by atoms with Crippen molar-refractivity contribution in [1.82, 2.24) is 10.2 Å². The van der Waals surface area contributed by atoms with Crippen molar-refractivity contribution in [3.63, 3.8) is 0 Å². The fourth-order valence-corrected chi connectivity index (χ4v) is 6.54. The molecule has 3 aliphatic heterocycles. The first-order valence-electron chi connectivity index (χ1n) is 12.4. The van der Waals surface area contributed by atoms with Crippen molar-refractivity contribution < 1.29 is 29.0 Å². The predicted molar refractivity (Wildman–Crippen MR) is 123 cm³/mol. The van der Waals surface area contributed by atoms with Gasteiger partial charge in [0.05, 0.1) is 24.5 Å². The standard InChI is InChI=1S/C25H42N2O6/c1-7-32-22(31)17-16-11-12-25(33-16)18(17)21(30)27(13-9-8-10-14-28)19(25)20(29)26-24(5,6)15-23(2,3)4/h16-19,28H,7-15H2,1-6H3,(H,26,29)/t16-,17+,18+,19-,25+/m1/s1. The van der Waals surface area contributed by atoms with Crippen LogP contribution in [0.15, 0.2) is 0 Å². The lowest BCUT2D eigenvalue weighted by atomic mass is 9.70. The maximum atomic E-state index is 13.8. The van der Waals surface area contributed by atoms with Crippen LogP contribution in [0.3, 0.4) is 0 Å². The molecule has 2 N–H and O–H groups in total. The summed E-state index contributed by atoms with van der Waals surface area (Å²) in [5.74, 6) is -2.15. The van der Waals surface area contributed by atoms with E-state index in [4.69, 9.17) is 14.6 Å². The van der Waals surface area contributed by atoms with Crippen LogP contribution in [-0.2, 0) is 23.9 Å². The molecule has 2 amide bonds. The van der Waals surface area contributed by atoms with Gasteiger partial charge in [-0.1, -0.05) is 20.8 Å². The Hall–Kier alpha value is -1.67. The smallest absolute Gasteiger partial charge is 0.312 e. The highest BCUT2D eigenvalue weighted by molar-refractivity contribution is 5.98. The third-order valence-electron chi connectivity index (χ3n) is 7.10. The zero-order chi connectivity index (χ0) is 24.6. The van der Waals surface area contributed by atoms with Gasteiger partial charge in [-0.3, -0.25) is 14.4 Å². The number of hydrogen-bond donors (Lipinski definition) is 2. The second kappa shape index (κ2) is 9.53. The number of esters is 1. The third kappa shape index (κ3) is 5.06. The van der Waals surface area contributed by atoms with Crippen LogP contribution in [0.25, 0.3) is 0 Å². The number of carbonyl (C=O) groups excluding carboxylic acids is 3. The van der Waals surface area contributed by atoms with Crippen molar-refractivity contribution in [1.29, 1.82) is 0 Å². The molecule has 3 saturated heterocycles. The minimum atomic E-state index is -0.988. The number of hydrogen-bond acceptors (Lipinski definition) is 6. The zero-order valence-electron chi connectivity index (χ0n) is 21.1. The van der Waals surface area contributed by atoms with E-state index in [9.17, 15) is 14.4 Å². The SMILES string of the molecule is CCOC(=O)[C@@H]1[C@H]2C(=O)N(CCCCCO)[C@H](C(=O)NC(C)(C)CC(C)(C)C)[C@]23CC[C@H]1O3. The van der Waals surface area contributed by atoms with Gasteiger partial charge in [0.2, 0.25) is 11.8 Å². The summed E-state index contributed by atoms with van der Waals surface area (Å²) in [6.07, 6.45) is 3.69. The van der Waals surface area contributed by atoms with Gasteiger partial charge in [-0.25, -0.2) is 0 Å². The Bertz CT molecular complexity index is 760. The highest BCUT2D eigenvalue weighted by Crippen LogP contribution is 2.58. The van der Waals surface area contributed by atoms with Crippen molar-refractivity contribution in [2.45, 2.75) is 103 Å². The molecule has 0 unspecified atom stereocenters. The van der Waals surface area contributed by atoms with Gasteiger partial charge in [0.15, 0.2) is 0 Å². The number of amides is 2. The summed E-state index contributed by atoms with van der Waals surface area (Å²) in [6.45, 7) is 12.9. The summed E-state index contributed by atoms with van der Waals surface area (Å²) < 4.78 is 11.7. The Labute approximate surface area is 197 Å². The highest BCUT2D eigenvalue weighted by atomic mass is 16.6. The zero-order valence-corrected chi connectivity index (χ0v) is 21.1. The Morgan fingerprint density at radius 1 is 1.21 bits per heavy atom. The van der Waals surface area contributed by atoms with E-state index in [1.165, 1.54) is 0 Å². The van der Waals surface area contributed by atoms with Gasteiger partial charge in [-0.05, 0) is 64.7 Å². The van der Waals surface area contributed by atoms with E-state index in [-0.39, 0.29) is 36.5 Å². The first-order valence-corrected chi connectivity index (χ1v) is 12.4. The fourth-order valence-electron chi connectivity index (χ4n) is 6.54. The molecule has 0 radical (unpaired) electrons. The molecule has 0 saturated carbocycles. The van der Waals surface area contributed by atoms with Crippen LogP contribution >= 0.6 is 0 Å². The molecule has 1 spiro atoms. The molecule has 0 aromatic rings. The van der Waals surface area contributed by atoms with E-state index >= 15 is 0 Å². The van der Waals surface area contributed by atoms with Crippen molar-refractivity contribution in [3.05, 3.63) is 0 Å². The van der Waals surface area contributed by atoms with Crippen molar-refractivity contribution in [2.75, 3.05) is 19.8 Å². The molecular weight excluding hydrogens is 424 g/mol. The molecule has 0 aliphatic carbocycles. The van der Waals surface area contributed by atoms with Gasteiger partial charge in [-0.2, -0.15) is 0 Å². The molecule has 0 aromatic heterocycles. The number of aliphatic hydroxyl groups excluding tert-OH is 1. The Morgan fingerprint density at radius 2 is 1.91 bits per heavy atom. The number of rotatable bonds is 10. The van der Waals surface area contributed by atoms with Gasteiger partial charge >= 0.3 is 5.97 Å². The van der Waals surface area contributed by atoms with E-state index in [1.807, 2.05) is 13.8 Å². The largest absolute Gasteiger partial charge is 0.466 e. The summed E-state index contributed by atoms with van der Waals surface area (Å²) in [7, 11) is 0. The van der Waals surface area contributed by atoms with Crippen molar-refractivity contribution in [3.8, 4) is 0 Å². The fraction of sp³-hybridized carbons (Fsp3) is 0.880. The van der Waals surface area contributed by atoms with Gasteiger partial charge < -0.3 is 24.8 Å². The molecular formula is C25H42N2O6. The maximum Gasteiger partial charge on any atom is 0.312 e. The van der Waals surface area contributed by atoms with Crippen LogP contribution in [-0.4, -0.2) is 70.8 Å². The van der Waals surface area contributed by atoms with Crippen LogP contribution in [0.2, 0.25) is 0 Å². The monoisotopic (exact) mass is 466 g/mol. The molecule has 3 aliphatic rings. The number of aliphatic hydroxyl groups is 1. The number of nitrogens with one attached hydrogen (secondary N) is 1. The summed E-state index contributed by atoms with van der Waals surface area (Å²) in [6, 6.07) is -0.771. The quantitative estimate of drug-likeness (QED) is 0.378. The lowest BCUT2D eigenvalue weighted by Gasteiger charge is -2.38. The number of likely N-dealkylation sites (tertiary alicyclic amines) is 1. The van der Waals surface area contributed by atoms with Crippen molar-refractivity contribution in [2.24, 2.45) is 17.3 Å². The van der Waals surface area contributed by atoms with Gasteiger partial charge in [-0.15, -0.1) is 0 Å². The number of ether oxygens (including phenoxy) is 2. The molecule has 188 valence electrons. The summed E-state index contributed by atoms with van der Waals surface area (Å²) in [5, 5.41) is 12.3. The molecule has 3 fully saturated rings. The highest BCUT2D eigenvalue weighted by Gasteiger charge is 2.74. The molecule has 0 aromatic carbocycles. The lowest BCUT2D eigenvalue weighted by molar-refractivity contribution is -0.154. The first kappa shape index (κ1) is 25.9. The normalized spacial score (nSPS) is 31.1. The molecule has 3 rings (SSSR count). The second-order valence-electron chi connectivity index (χ2n) is 11.7. The van der Waals surface area contributed by atoms with Crippen molar-refractivity contribution >= 4 is 17.8 Å². The lowest BCUT2D eigenvalue weighted by Crippen LogP contribution is -2.59. The van der Waals surface area contributed by atoms with E-state index in [0.29, 0.717) is 32.2 Å². The van der Waals surface area contributed by atoms with E-state index in [1.54, 1.807) is 11.8 Å². The van der Waals surface area contributed by atoms with Crippen LogP contribution in [0, 0.1) is 17.3 Å². The maximum absolute atomic E-state index is 13.8. The predicted octanol–water partition coefficient (Wildman–Crippen LogP) is 2.42. The number of unbranched alkanes of at least 4 members (excludes halogenated alkanes) is 2. The van der Waals surface area contributed by atoms with Gasteiger partial charge in [0.25, 0.3) is 0 Å². The molecule has 2 bridgehead atoms. The minimum Gasteiger partial charge on any atom is -0.466 e. The van der Waals surface area contributed by atoms with Crippen LogP contribution in [0.4, 0.5) is 0 Å². The second-order valence-corrected chi connectivity index (χ2v) is 11.7. The first-order chi connectivity index (χ1) is 15.4. The topological polar surface area (TPSA) is 105 Å². The van der Waals surface area contributed by atoms with E-state index < -0.39 is 35.0 Å². The third-order valence-corrected chi connectivity index (χ3v) is 7.10. The molecule has 8 nitrogen and oxygen atoms in total. The van der Waals surface area contributed by atoms with E-state index in [2.05, 4.69) is 26.1 Å². The molecule has 3 heterocycles. The Balaban J connectivity index is 1.90. The summed E-state index contributed by atoms with van der Waals surface area (Å²) >= 11 is 0. The van der Waals surface area contributed by atoms with Crippen LogP contribution < -0.4 is 5.32 Å². The summed E-state index contributed by atoms with van der Waals surface area (Å²) in [4.78, 5) is 41.9. The van der Waals surface area contributed by atoms with Crippen LogP contribution in [0.1, 0.15) is 80.1 Å². The number of fused-ring (bicyclic) bond motifs is 1. The molecule has 33 heavy (non-hydrogen) atoms. The minimum absolute atomic E-state index is 0.0183. The average molecular weight is 467 g/mol. The van der Waals surface area contributed by atoms with Gasteiger partial charge in [0.1, 0.15) is 11.6 Å². The van der Waals surface area contributed by atoms with Crippen LogP contribution in [0.5, 0.6) is 0 Å². The Morgan fingerprint density at radius 3 is 2.52 bits per heavy atom. The molecule has 8 heteroatoms. The van der Waals surface area contributed by atoms with Gasteiger partial charge in [0, 0.05) is 18.7 Å². The average Bonchev–Trinajstić information content (AvgIpc) is 3.30. The molecule has 5 atom stereocenters. The number of nitrogens with zero attached hydrogens (tertiary/aromatic N) is 1. The Kier molecular flexibility index (Phi) is 7.49. The summed E-state index contributed by atoms with van der Waals surface area (Å²) in [5.41, 5.74) is -1.44. The van der Waals surface area contributed by atoms with E-state index in [0.717, 1.165) is 12.8 Å².